The van der Waals surface area contributed by atoms with Gasteiger partial charge in [0.2, 0.25) is 0 Å². The molecule has 2 saturated carbocycles. The van der Waals surface area contributed by atoms with Crippen LogP contribution < -0.4 is 9.47 Å². The van der Waals surface area contributed by atoms with Gasteiger partial charge in [-0.15, -0.1) is 0 Å². The topological polar surface area (TPSA) is 51.2 Å². The predicted octanol–water partition coefficient (Wildman–Crippen LogP) is 3.65. The quantitative estimate of drug-likeness (QED) is 0.753. The minimum Gasteiger partial charge on any atom is -0.493 e. The molecule has 2 aliphatic carbocycles. The van der Waals surface area contributed by atoms with Crippen molar-refractivity contribution in [3.63, 3.8) is 0 Å². The first-order valence-corrected chi connectivity index (χ1v) is 11.0. The van der Waals surface area contributed by atoms with Crippen LogP contribution in [0.25, 0.3) is 0 Å². The summed E-state index contributed by atoms with van der Waals surface area (Å²) < 4.78 is 17.2. The number of hydrogen-bond acceptors (Lipinski definition) is 5. The molecule has 5 nitrogen and oxygen atoms in total. The van der Waals surface area contributed by atoms with E-state index in [1.807, 2.05) is 0 Å². The van der Waals surface area contributed by atoms with Gasteiger partial charge < -0.3 is 19.3 Å². The van der Waals surface area contributed by atoms with Crippen LogP contribution in [-0.4, -0.2) is 56.1 Å². The fourth-order valence-corrected chi connectivity index (χ4v) is 6.06. The molecule has 0 aromatic heterocycles. The van der Waals surface area contributed by atoms with Crippen molar-refractivity contribution in [3.05, 3.63) is 23.3 Å². The predicted molar refractivity (Wildman–Crippen MR) is 114 cm³/mol. The Hall–Kier alpha value is -1.30. The highest BCUT2D eigenvalue weighted by Gasteiger charge is 2.61. The van der Waals surface area contributed by atoms with Crippen molar-refractivity contribution in [2.45, 2.75) is 65.2 Å². The standard InChI is InChI=1S/C24H37NO4/c1-23(2)18-6-8-24(23,3)22(12-18)29-15-19(26)14-25-9-7-16-10-20(27-4)21(28-5)11-17(16)13-25/h10-11,18-19,22,26H,6-9,12-15H2,1-5H3. The van der Waals surface area contributed by atoms with Gasteiger partial charge >= 0.3 is 0 Å². The maximum atomic E-state index is 10.7. The van der Waals surface area contributed by atoms with Crippen LogP contribution in [0.15, 0.2) is 12.1 Å². The number of aliphatic hydroxyl groups is 1. The molecule has 4 atom stereocenters. The lowest BCUT2D eigenvalue weighted by Crippen LogP contribution is -2.41. The SMILES string of the molecule is COc1cc2c(cc1OC)CN(CC(O)COC1CC3CCC1(C)C3(C)C)CC2. The smallest absolute Gasteiger partial charge is 0.161 e. The van der Waals surface area contributed by atoms with Crippen LogP contribution in [0, 0.1) is 16.7 Å². The maximum Gasteiger partial charge on any atom is 0.161 e. The van der Waals surface area contributed by atoms with E-state index in [9.17, 15) is 5.11 Å². The summed E-state index contributed by atoms with van der Waals surface area (Å²) in [7, 11) is 3.34. The molecule has 5 heteroatoms. The van der Waals surface area contributed by atoms with Crippen molar-refractivity contribution < 1.29 is 19.3 Å². The molecule has 1 heterocycles. The lowest BCUT2D eigenvalue weighted by molar-refractivity contribution is -0.0798. The van der Waals surface area contributed by atoms with E-state index in [1.165, 1.54) is 24.0 Å². The lowest BCUT2D eigenvalue weighted by Gasteiger charge is -2.39. The fourth-order valence-electron chi connectivity index (χ4n) is 6.06. The van der Waals surface area contributed by atoms with E-state index in [0.717, 1.165) is 43.3 Å². The highest BCUT2D eigenvalue weighted by atomic mass is 16.5. The zero-order valence-electron chi connectivity index (χ0n) is 18.7. The Kier molecular flexibility index (Phi) is 5.60. The largest absolute Gasteiger partial charge is 0.493 e. The van der Waals surface area contributed by atoms with E-state index in [4.69, 9.17) is 14.2 Å². The summed E-state index contributed by atoms with van der Waals surface area (Å²) in [5, 5.41) is 10.7. The molecule has 1 aromatic carbocycles. The molecule has 2 fully saturated rings. The van der Waals surface area contributed by atoms with E-state index in [0.29, 0.717) is 18.6 Å². The minimum atomic E-state index is -0.456. The molecular formula is C24H37NO4. The van der Waals surface area contributed by atoms with Gasteiger partial charge in [-0.3, -0.25) is 4.90 Å². The van der Waals surface area contributed by atoms with Gasteiger partial charge in [0.25, 0.3) is 0 Å². The molecule has 0 radical (unpaired) electrons. The summed E-state index contributed by atoms with van der Waals surface area (Å²) in [4.78, 5) is 2.31. The molecule has 1 N–H and O–H groups in total. The molecule has 0 saturated heterocycles. The number of aliphatic hydroxyl groups excluding tert-OH is 1. The van der Waals surface area contributed by atoms with Gasteiger partial charge in [-0.25, -0.2) is 0 Å². The Bertz CT molecular complexity index is 749. The number of fused-ring (bicyclic) bond motifs is 3. The summed E-state index contributed by atoms with van der Waals surface area (Å²) in [6.07, 6.45) is 4.51. The second-order valence-electron chi connectivity index (χ2n) is 10.0. The summed E-state index contributed by atoms with van der Waals surface area (Å²) in [6.45, 7) is 10.0. The van der Waals surface area contributed by atoms with Crippen molar-refractivity contribution in [3.8, 4) is 11.5 Å². The average Bonchev–Trinajstić information content (AvgIpc) is 3.04. The average molecular weight is 404 g/mol. The maximum absolute atomic E-state index is 10.7. The van der Waals surface area contributed by atoms with Gasteiger partial charge in [0.05, 0.1) is 33.0 Å². The van der Waals surface area contributed by atoms with Crippen molar-refractivity contribution in [1.29, 1.82) is 0 Å². The van der Waals surface area contributed by atoms with Crippen LogP contribution in [0.3, 0.4) is 0 Å². The Balaban J connectivity index is 1.32. The van der Waals surface area contributed by atoms with Gasteiger partial charge in [0, 0.05) is 19.6 Å². The van der Waals surface area contributed by atoms with Gasteiger partial charge in [-0.1, -0.05) is 20.8 Å². The zero-order valence-corrected chi connectivity index (χ0v) is 18.7. The van der Waals surface area contributed by atoms with E-state index in [1.54, 1.807) is 14.2 Å². The van der Waals surface area contributed by atoms with Crippen LogP contribution in [-0.2, 0) is 17.7 Å². The molecule has 3 aliphatic rings. The summed E-state index contributed by atoms with van der Waals surface area (Å²) in [6, 6.07) is 4.16. The number of hydrogen-bond donors (Lipinski definition) is 1. The van der Waals surface area contributed by atoms with Crippen molar-refractivity contribution in [2.24, 2.45) is 16.7 Å². The van der Waals surface area contributed by atoms with Gasteiger partial charge in [0.1, 0.15) is 0 Å². The Morgan fingerprint density at radius 3 is 2.41 bits per heavy atom. The molecule has 162 valence electrons. The van der Waals surface area contributed by atoms with E-state index in [-0.39, 0.29) is 11.5 Å². The second-order valence-corrected chi connectivity index (χ2v) is 10.0. The third-order valence-electron chi connectivity index (χ3n) is 8.47. The molecule has 0 amide bonds. The monoisotopic (exact) mass is 403 g/mol. The molecule has 0 spiro atoms. The van der Waals surface area contributed by atoms with Crippen LogP contribution in [0.2, 0.25) is 0 Å². The summed E-state index contributed by atoms with van der Waals surface area (Å²) in [5.41, 5.74) is 3.15. The lowest BCUT2D eigenvalue weighted by atomic mass is 9.70. The molecule has 1 aromatic rings. The second kappa shape index (κ2) is 7.75. The highest BCUT2D eigenvalue weighted by Crippen LogP contribution is 2.66. The van der Waals surface area contributed by atoms with Crippen molar-refractivity contribution >= 4 is 0 Å². The van der Waals surface area contributed by atoms with Gasteiger partial charge in [0.15, 0.2) is 11.5 Å². The minimum absolute atomic E-state index is 0.247. The molecule has 1 aliphatic heterocycles. The fraction of sp³-hybridized carbons (Fsp3) is 0.750. The number of benzene rings is 1. The third-order valence-corrected chi connectivity index (χ3v) is 8.47. The Labute approximate surface area is 175 Å². The number of methoxy groups -OCH3 is 2. The number of rotatable bonds is 7. The first-order valence-electron chi connectivity index (χ1n) is 11.0. The van der Waals surface area contributed by atoms with Gasteiger partial charge in [-0.2, -0.15) is 0 Å². The normalized spacial score (nSPS) is 31.5. The first-order chi connectivity index (χ1) is 13.8. The van der Waals surface area contributed by atoms with Crippen LogP contribution in [0.1, 0.15) is 51.2 Å². The first kappa shape index (κ1) is 21.0. The molecular weight excluding hydrogens is 366 g/mol. The van der Waals surface area contributed by atoms with Gasteiger partial charge in [-0.05, 0) is 65.7 Å². The van der Waals surface area contributed by atoms with Crippen LogP contribution in [0.4, 0.5) is 0 Å². The Morgan fingerprint density at radius 2 is 1.83 bits per heavy atom. The van der Waals surface area contributed by atoms with Crippen molar-refractivity contribution in [1.82, 2.24) is 4.90 Å². The molecule has 2 bridgehead atoms. The van der Waals surface area contributed by atoms with E-state index < -0.39 is 6.10 Å². The van der Waals surface area contributed by atoms with Crippen LogP contribution >= 0.6 is 0 Å². The van der Waals surface area contributed by atoms with E-state index >= 15 is 0 Å². The molecule has 29 heavy (non-hydrogen) atoms. The number of β-amino-alcohol motifs (C(OH)–C–C–N with tert-alkyl or cyclic N) is 1. The van der Waals surface area contributed by atoms with Crippen molar-refractivity contribution in [2.75, 3.05) is 33.9 Å². The van der Waals surface area contributed by atoms with Crippen LogP contribution in [0.5, 0.6) is 11.5 Å². The summed E-state index contributed by atoms with van der Waals surface area (Å²) in [5.74, 6) is 2.32. The molecule has 4 unspecified atom stereocenters. The Morgan fingerprint density at radius 1 is 1.14 bits per heavy atom. The van der Waals surface area contributed by atoms with E-state index in [2.05, 4.69) is 37.8 Å². The molecule has 4 rings (SSSR count). The number of nitrogens with zero attached hydrogens (tertiary/aromatic N) is 1. The summed E-state index contributed by atoms with van der Waals surface area (Å²) >= 11 is 0. The third kappa shape index (κ3) is 3.55. The number of ether oxygens (including phenoxy) is 3. The zero-order chi connectivity index (χ0) is 20.8. The highest BCUT2D eigenvalue weighted by molar-refractivity contribution is 5.48.